The third-order valence-electron chi connectivity index (χ3n) is 2.92. The molecule has 18 heavy (non-hydrogen) atoms. The monoisotopic (exact) mass is 291 g/mol. The van der Waals surface area contributed by atoms with Crippen molar-refractivity contribution in [3.05, 3.63) is 0 Å². The molecule has 2 amide bonds. The summed E-state index contributed by atoms with van der Waals surface area (Å²) in [6, 6.07) is 0. The van der Waals surface area contributed by atoms with Crippen LogP contribution in [0.4, 0.5) is 0 Å². The Morgan fingerprint density at radius 1 is 1.22 bits per heavy atom. The Balaban J connectivity index is 4.23. The van der Waals surface area contributed by atoms with Crippen LogP contribution in [-0.4, -0.2) is 40.9 Å². The normalized spacial score (nSPS) is 10.8. The average Bonchev–Trinajstić information content (AvgIpc) is 2.37. The van der Waals surface area contributed by atoms with E-state index in [9.17, 15) is 9.59 Å². The summed E-state index contributed by atoms with van der Waals surface area (Å²) in [6.45, 7) is 4.65. The van der Waals surface area contributed by atoms with Crippen LogP contribution in [-0.2, 0) is 9.59 Å². The number of hydrogen-bond acceptors (Lipinski definition) is 4. The molecule has 104 valence electrons. The highest BCUT2D eigenvalue weighted by atomic mass is 32.2. The zero-order valence-electron chi connectivity index (χ0n) is 11.0. The first kappa shape index (κ1) is 17.2. The Morgan fingerprint density at radius 2 is 1.72 bits per heavy atom. The minimum Gasteiger partial charge on any atom is -0.392 e. The van der Waals surface area contributed by atoms with Gasteiger partial charge in [0.15, 0.2) is 0 Å². The topological polar surface area (TPSA) is 84.2 Å². The second-order valence-electron chi connectivity index (χ2n) is 3.93. The molecule has 7 heteroatoms. The standard InChI is InChI=1S/C11H21N3O2S2/c1-4-11(5-2,18-3)7-14-10(16)9(15)13-6-8(12)17/h4-7H2,1-3H3,(H2,12,17)(H,13,15)(H,14,16). The molecule has 0 aromatic carbocycles. The quantitative estimate of drug-likeness (QED) is 0.468. The highest BCUT2D eigenvalue weighted by Gasteiger charge is 2.26. The van der Waals surface area contributed by atoms with Crippen molar-refractivity contribution in [2.45, 2.75) is 31.4 Å². The zero-order valence-corrected chi connectivity index (χ0v) is 12.7. The third kappa shape index (κ3) is 5.68. The maximum Gasteiger partial charge on any atom is 0.309 e. The van der Waals surface area contributed by atoms with Crippen LogP contribution in [0, 0.1) is 0 Å². The van der Waals surface area contributed by atoms with Gasteiger partial charge in [0.2, 0.25) is 0 Å². The van der Waals surface area contributed by atoms with E-state index in [4.69, 9.17) is 5.73 Å². The molecule has 0 fully saturated rings. The molecule has 0 rings (SSSR count). The minimum atomic E-state index is -0.704. The van der Waals surface area contributed by atoms with E-state index >= 15 is 0 Å². The van der Waals surface area contributed by atoms with Crippen LogP contribution >= 0.6 is 24.0 Å². The van der Waals surface area contributed by atoms with Crippen molar-refractivity contribution in [1.29, 1.82) is 0 Å². The van der Waals surface area contributed by atoms with Crippen molar-refractivity contribution in [3.8, 4) is 0 Å². The summed E-state index contributed by atoms with van der Waals surface area (Å²) in [5.74, 6) is -1.35. The number of carbonyl (C=O) groups excluding carboxylic acids is 2. The van der Waals surface area contributed by atoms with Crippen molar-refractivity contribution in [3.63, 3.8) is 0 Å². The fourth-order valence-corrected chi connectivity index (χ4v) is 2.30. The van der Waals surface area contributed by atoms with E-state index in [1.165, 1.54) is 0 Å². The second kappa shape index (κ2) is 8.31. The van der Waals surface area contributed by atoms with Crippen molar-refractivity contribution in [2.75, 3.05) is 19.3 Å². The highest BCUT2D eigenvalue weighted by molar-refractivity contribution is 8.00. The molecule has 0 aromatic heterocycles. The second-order valence-corrected chi connectivity index (χ2v) is 5.72. The van der Waals surface area contributed by atoms with Crippen LogP contribution < -0.4 is 16.4 Å². The van der Waals surface area contributed by atoms with Crippen LogP contribution in [0.3, 0.4) is 0 Å². The van der Waals surface area contributed by atoms with Crippen molar-refractivity contribution >= 4 is 40.8 Å². The molecule has 0 heterocycles. The van der Waals surface area contributed by atoms with Crippen LogP contribution in [0.5, 0.6) is 0 Å². The molecule has 0 aliphatic heterocycles. The summed E-state index contributed by atoms with van der Waals surface area (Å²) in [6.07, 6.45) is 3.87. The van der Waals surface area contributed by atoms with Crippen LogP contribution in [0.15, 0.2) is 0 Å². The molecule has 0 unspecified atom stereocenters. The number of thioether (sulfide) groups is 1. The largest absolute Gasteiger partial charge is 0.392 e. The maximum atomic E-state index is 11.5. The molecule has 0 saturated carbocycles. The number of nitrogens with one attached hydrogen (secondary N) is 2. The van der Waals surface area contributed by atoms with E-state index in [2.05, 4.69) is 36.7 Å². The molecule has 0 bridgehead atoms. The predicted octanol–water partition coefficient (Wildman–Crippen LogP) is 0.427. The Hall–Kier alpha value is -0.820. The van der Waals surface area contributed by atoms with Gasteiger partial charge in [0.05, 0.1) is 11.5 Å². The first-order valence-electron chi connectivity index (χ1n) is 5.80. The zero-order chi connectivity index (χ0) is 14.2. The summed E-state index contributed by atoms with van der Waals surface area (Å²) in [7, 11) is 0. The molecule has 0 radical (unpaired) electrons. The van der Waals surface area contributed by atoms with Crippen molar-refractivity contribution in [1.82, 2.24) is 10.6 Å². The molecule has 0 atom stereocenters. The lowest BCUT2D eigenvalue weighted by Crippen LogP contribution is -2.47. The van der Waals surface area contributed by atoms with Gasteiger partial charge in [-0.3, -0.25) is 9.59 Å². The van der Waals surface area contributed by atoms with Gasteiger partial charge in [-0.15, -0.1) is 0 Å². The summed E-state index contributed by atoms with van der Waals surface area (Å²) in [5.41, 5.74) is 5.23. The summed E-state index contributed by atoms with van der Waals surface area (Å²) in [5, 5.41) is 4.99. The van der Waals surface area contributed by atoms with E-state index in [0.29, 0.717) is 6.54 Å². The number of amides is 2. The van der Waals surface area contributed by atoms with Gasteiger partial charge in [0, 0.05) is 11.3 Å². The highest BCUT2D eigenvalue weighted by Crippen LogP contribution is 2.29. The Bertz CT molecular complexity index is 309. The van der Waals surface area contributed by atoms with Crippen LogP contribution in [0.1, 0.15) is 26.7 Å². The third-order valence-corrected chi connectivity index (χ3v) is 4.65. The van der Waals surface area contributed by atoms with Crippen molar-refractivity contribution in [2.24, 2.45) is 5.73 Å². The van der Waals surface area contributed by atoms with Gasteiger partial charge < -0.3 is 16.4 Å². The van der Waals surface area contributed by atoms with Crippen LogP contribution in [0.25, 0.3) is 0 Å². The Morgan fingerprint density at radius 3 is 2.11 bits per heavy atom. The lowest BCUT2D eigenvalue weighted by Gasteiger charge is -2.29. The fourth-order valence-electron chi connectivity index (χ4n) is 1.43. The molecular formula is C11H21N3O2S2. The summed E-state index contributed by atoms with van der Waals surface area (Å²) < 4.78 is -0.0148. The van der Waals surface area contributed by atoms with E-state index < -0.39 is 11.8 Å². The number of carbonyl (C=O) groups is 2. The first-order chi connectivity index (χ1) is 8.40. The van der Waals surface area contributed by atoms with Gasteiger partial charge >= 0.3 is 11.8 Å². The lowest BCUT2D eigenvalue weighted by atomic mass is 10.0. The predicted molar refractivity (Wildman–Crippen MR) is 79.6 cm³/mol. The van der Waals surface area contributed by atoms with E-state index in [-0.39, 0.29) is 16.3 Å². The molecule has 0 saturated heterocycles. The van der Waals surface area contributed by atoms with Crippen LogP contribution in [0.2, 0.25) is 0 Å². The lowest BCUT2D eigenvalue weighted by molar-refractivity contribution is -0.139. The molecule has 4 N–H and O–H groups in total. The fraction of sp³-hybridized carbons (Fsp3) is 0.727. The molecule has 0 aliphatic rings. The maximum absolute atomic E-state index is 11.5. The SMILES string of the molecule is CCC(CC)(CNC(=O)C(=O)NCC(N)=S)SC. The van der Waals surface area contributed by atoms with E-state index in [0.717, 1.165) is 12.8 Å². The first-order valence-corrected chi connectivity index (χ1v) is 7.43. The van der Waals surface area contributed by atoms with Gasteiger partial charge in [-0.05, 0) is 19.1 Å². The van der Waals surface area contributed by atoms with Gasteiger partial charge in [-0.25, -0.2) is 0 Å². The molecular weight excluding hydrogens is 270 g/mol. The van der Waals surface area contributed by atoms with E-state index in [1.54, 1.807) is 11.8 Å². The van der Waals surface area contributed by atoms with Gasteiger partial charge in [-0.2, -0.15) is 11.8 Å². The number of thiocarbonyl (C=S) groups is 1. The molecule has 0 aromatic rings. The minimum absolute atomic E-state index is 0.0148. The molecule has 0 spiro atoms. The molecule has 0 aliphatic carbocycles. The van der Waals surface area contributed by atoms with Gasteiger partial charge in [0.25, 0.3) is 0 Å². The number of hydrogen-bond donors (Lipinski definition) is 3. The van der Waals surface area contributed by atoms with Gasteiger partial charge in [0.1, 0.15) is 0 Å². The Labute approximate surface area is 118 Å². The molecule has 5 nitrogen and oxygen atoms in total. The number of rotatable bonds is 7. The summed E-state index contributed by atoms with van der Waals surface area (Å²) in [4.78, 5) is 23.1. The smallest absolute Gasteiger partial charge is 0.309 e. The van der Waals surface area contributed by atoms with Crippen molar-refractivity contribution < 1.29 is 9.59 Å². The van der Waals surface area contributed by atoms with E-state index in [1.807, 2.05) is 6.26 Å². The summed E-state index contributed by atoms with van der Waals surface area (Å²) >= 11 is 6.31. The number of nitrogens with two attached hydrogens (primary N) is 1. The average molecular weight is 291 g/mol. The Kier molecular flexibility index (Phi) is 7.93. The van der Waals surface area contributed by atoms with Gasteiger partial charge in [-0.1, -0.05) is 26.1 Å².